The summed E-state index contributed by atoms with van der Waals surface area (Å²) in [6.45, 7) is 2.42. The Morgan fingerprint density at radius 2 is 1.90 bits per heavy atom. The van der Waals surface area contributed by atoms with Crippen molar-refractivity contribution in [3.8, 4) is 5.75 Å². The quantitative estimate of drug-likeness (QED) is 0.138. The SMILES string of the molecule is O=C(O)/C=C/COO.[2H]C([2H])(O)C([2H])(Oc1ccc(COCCOC(C)C)cc1)C([2H])([2H])NC(C)C. The van der Waals surface area contributed by atoms with E-state index in [0.29, 0.717) is 19.8 Å². The molecular formula is C22H37NO8. The van der Waals surface area contributed by atoms with E-state index in [1.54, 1.807) is 26.0 Å². The molecule has 0 amide bonds. The fourth-order valence-corrected chi connectivity index (χ4v) is 1.78. The molecule has 0 aromatic heterocycles. The average molecular weight is 449 g/mol. The van der Waals surface area contributed by atoms with Gasteiger partial charge in [-0.3, -0.25) is 5.26 Å². The summed E-state index contributed by atoms with van der Waals surface area (Å²) in [5, 5.41) is 27.8. The first-order valence-electron chi connectivity index (χ1n) is 12.2. The Balaban J connectivity index is 0.00000131. The average Bonchev–Trinajstić information content (AvgIpc) is 2.73. The highest BCUT2D eigenvalue weighted by atomic mass is 17.1. The molecule has 0 aliphatic carbocycles. The monoisotopic (exact) mass is 448 g/mol. The highest BCUT2D eigenvalue weighted by Gasteiger charge is 2.09. The third kappa shape index (κ3) is 18.5. The molecule has 1 aromatic rings. The lowest BCUT2D eigenvalue weighted by atomic mass is 10.2. The third-order valence-corrected chi connectivity index (χ3v) is 3.10. The largest absolute Gasteiger partial charge is 0.487 e. The highest BCUT2D eigenvalue weighted by molar-refractivity contribution is 5.79. The van der Waals surface area contributed by atoms with Gasteiger partial charge in [0.2, 0.25) is 0 Å². The number of nitrogens with one attached hydrogen (secondary N) is 1. The molecule has 1 rings (SSSR count). The van der Waals surface area contributed by atoms with E-state index in [9.17, 15) is 9.90 Å². The van der Waals surface area contributed by atoms with Crippen LogP contribution in [0.2, 0.25) is 0 Å². The van der Waals surface area contributed by atoms with E-state index in [1.165, 1.54) is 18.2 Å². The van der Waals surface area contributed by atoms with Crippen molar-refractivity contribution in [2.75, 3.05) is 32.9 Å². The number of carboxylic acid groups (broad SMARTS) is 1. The fourth-order valence-electron chi connectivity index (χ4n) is 1.78. The van der Waals surface area contributed by atoms with Crippen molar-refractivity contribution in [1.29, 1.82) is 0 Å². The summed E-state index contributed by atoms with van der Waals surface area (Å²) < 4.78 is 55.5. The minimum absolute atomic E-state index is 0.0502. The van der Waals surface area contributed by atoms with Gasteiger partial charge in [0.25, 0.3) is 0 Å². The van der Waals surface area contributed by atoms with Crippen molar-refractivity contribution < 1.29 is 46.2 Å². The molecule has 9 heteroatoms. The van der Waals surface area contributed by atoms with Crippen LogP contribution in [0.1, 0.15) is 40.1 Å². The molecule has 0 fully saturated rings. The summed E-state index contributed by atoms with van der Waals surface area (Å²) in [6.07, 6.45) is -0.723. The second kappa shape index (κ2) is 18.7. The van der Waals surface area contributed by atoms with Crippen LogP contribution < -0.4 is 10.1 Å². The topological polar surface area (TPSA) is 127 Å². The lowest BCUT2D eigenvalue weighted by Crippen LogP contribution is -2.37. The van der Waals surface area contributed by atoms with Crippen LogP contribution >= 0.6 is 0 Å². The molecule has 1 unspecified atom stereocenters. The van der Waals surface area contributed by atoms with E-state index in [1.807, 2.05) is 13.8 Å². The number of rotatable bonds is 15. The molecule has 0 saturated carbocycles. The van der Waals surface area contributed by atoms with Crippen LogP contribution in [0.4, 0.5) is 0 Å². The van der Waals surface area contributed by atoms with Crippen molar-refractivity contribution in [1.82, 2.24) is 5.32 Å². The van der Waals surface area contributed by atoms with Gasteiger partial charge in [-0.1, -0.05) is 26.0 Å². The lowest BCUT2D eigenvalue weighted by Gasteiger charge is -2.19. The zero-order valence-electron chi connectivity index (χ0n) is 23.3. The summed E-state index contributed by atoms with van der Waals surface area (Å²) in [6, 6.07) is 5.88. The number of hydrogen-bond donors (Lipinski definition) is 4. The Hall–Kier alpha value is -2.01. The third-order valence-electron chi connectivity index (χ3n) is 3.10. The molecular weight excluding hydrogens is 406 g/mol. The van der Waals surface area contributed by atoms with Crippen LogP contribution in [0.15, 0.2) is 36.4 Å². The standard InChI is InChI=1S/C18H31NO4.C4H6O4/c1-14(2)19-11-18(12-20)23-17-7-5-16(6-8-17)13-21-9-10-22-15(3)4;5-4(6)2-1-3-8-7/h5-8,14-15,18-20H,9-13H2,1-4H3;1-2,7H,3H2,(H,5,6)/b;2-1+/i11D2,12D2,18D;. The number of aliphatic carboxylic acids is 1. The van der Waals surface area contributed by atoms with Crippen LogP contribution in [-0.4, -0.2) is 72.5 Å². The Morgan fingerprint density at radius 1 is 1.23 bits per heavy atom. The first-order valence-corrected chi connectivity index (χ1v) is 9.69. The van der Waals surface area contributed by atoms with Crippen molar-refractivity contribution in [2.24, 2.45) is 0 Å². The number of carbonyl (C=O) groups is 1. The molecule has 0 aliphatic rings. The number of ether oxygens (including phenoxy) is 3. The van der Waals surface area contributed by atoms with E-state index < -0.39 is 31.1 Å². The Morgan fingerprint density at radius 3 is 2.42 bits per heavy atom. The van der Waals surface area contributed by atoms with Gasteiger partial charge in [0.15, 0.2) is 0 Å². The van der Waals surface area contributed by atoms with Gasteiger partial charge in [-0.15, -0.1) is 0 Å². The van der Waals surface area contributed by atoms with Crippen LogP contribution in [0, 0.1) is 0 Å². The van der Waals surface area contributed by atoms with E-state index in [0.717, 1.165) is 11.6 Å². The van der Waals surface area contributed by atoms with E-state index in [2.05, 4.69) is 10.2 Å². The van der Waals surface area contributed by atoms with Crippen LogP contribution in [-0.2, 0) is 25.8 Å². The van der Waals surface area contributed by atoms with E-state index in [-0.39, 0.29) is 18.5 Å². The van der Waals surface area contributed by atoms with Gasteiger partial charge in [-0.05, 0) is 37.6 Å². The maximum Gasteiger partial charge on any atom is 0.328 e. The maximum absolute atomic E-state index is 9.82. The first-order chi connectivity index (χ1) is 16.6. The summed E-state index contributed by atoms with van der Waals surface area (Å²) in [4.78, 5) is 13.2. The summed E-state index contributed by atoms with van der Waals surface area (Å²) in [5.74, 6) is -1.00. The molecule has 4 N–H and O–H groups in total. The smallest absolute Gasteiger partial charge is 0.328 e. The van der Waals surface area contributed by atoms with Crippen LogP contribution in [0.5, 0.6) is 5.75 Å². The maximum atomic E-state index is 9.82. The van der Waals surface area contributed by atoms with Crippen molar-refractivity contribution in [3.63, 3.8) is 0 Å². The number of carboxylic acids is 1. The number of aliphatic hydroxyl groups is 1. The van der Waals surface area contributed by atoms with Gasteiger partial charge in [0, 0.05) is 21.4 Å². The predicted octanol–water partition coefficient (Wildman–Crippen LogP) is 2.48. The number of hydrogen-bond acceptors (Lipinski definition) is 8. The first kappa shape index (κ1) is 20.9. The highest BCUT2D eigenvalue weighted by Crippen LogP contribution is 2.14. The minimum atomic E-state index is -3.27. The van der Waals surface area contributed by atoms with Crippen LogP contribution in [0.3, 0.4) is 0 Å². The Kier molecular flexibility index (Phi) is 12.6. The lowest BCUT2D eigenvalue weighted by molar-refractivity contribution is -0.231. The predicted molar refractivity (Wildman–Crippen MR) is 117 cm³/mol. The van der Waals surface area contributed by atoms with Gasteiger partial charge < -0.3 is 29.7 Å². The molecule has 1 atom stereocenters. The molecule has 0 radical (unpaired) electrons. The number of benzene rings is 1. The fraction of sp³-hybridized carbons (Fsp3) is 0.591. The molecule has 9 nitrogen and oxygen atoms in total. The summed E-state index contributed by atoms with van der Waals surface area (Å²) in [5.41, 5.74) is 0.822. The van der Waals surface area contributed by atoms with Crippen molar-refractivity contribution in [2.45, 2.75) is 52.5 Å². The zero-order valence-corrected chi connectivity index (χ0v) is 18.3. The van der Waals surface area contributed by atoms with Crippen LogP contribution in [0.25, 0.3) is 0 Å². The molecule has 31 heavy (non-hydrogen) atoms. The van der Waals surface area contributed by atoms with Gasteiger partial charge >= 0.3 is 5.97 Å². The van der Waals surface area contributed by atoms with E-state index >= 15 is 0 Å². The zero-order chi connectivity index (χ0) is 28.0. The molecule has 0 spiro atoms. The molecule has 0 aliphatic heterocycles. The van der Waals surface area contributed by atoms with Crippen molar-refractivity contribution >= 4 is 5.97 Å². The second-order valence-electron chi connectivity index (χ2n) is 6.62. The summed E-state index contributed by atoms with van der Waals surface area (Å²) in [7, 11) is 0. The molecule has 0 bridgehead atoms. The molecule has 0 saturated heterocycles. The molecule has 1 aromatic carbocycles. The molecule has 0 heterocycles. The van der Waals surface area contributed by atoms with Gasteiger partial charge in [0.1, 0.15) is 18.4 Å². The van der Waals surface area contributed by atoms with Gasteiger partial charge in [-0.25, -0.2) is 9.68 Å². The normalized spacial score (nSPS) is 16.5. The van der Waals surface area contributed by atoms with Gasteiger partial charge in [-0.2, -0.15) is 0 Å². The second-order valence-corrected chi connectivity index (χ2v) is 6.62. The Bertz CT molecular complexity index is 788. The van der Waals surface area contributed by atoms with Gasteiger partial charge in [0.05, 0.1) is 36.6 Å². The summed E-state index contributed by atoms with van der Waals surface area (Å²) >= 11 is 0. The molecule has 178 valence electrons. The van der Waals surface area contributed by atoms with E-state index in [4.69, 9.17) is 31.4 Å². The minimum Gasteiger partial charge on any atom is -0.487 e. The van der Waals surface area contributed by atoms with Crippen molar-refractivity contribution in [3.05, 3.63) is 42.0 Å². The Labute approximate surface area is 191 Å².